The van der Waals surface area contributed by atoms with E-state index in [9.17, 15) is 73.8 Å². The minimum Gasteiger partial charge on any atom is -0.480 e. The largest absolute Gasteiger partial charge is 0.480 e. The van der Waals surface area contributed by atoms with Gasteiger partial charge in [-0.15, -0.1) is 0 Å². The summed E-state index contributed by atoms with van der Waals surface area (Å²) in [5, 5.41) is 78.5. The number of hydrogen-bond acceptors (Lipinski definition) is 17. The molecule has 7 amide bonds. The average molecular weight is 880 g/mol. The fourth-order valence-electron chi connectivity index (χ4n) is 6.73. The maximum absolute atomic E-state index is 14.1. The van der Waals surface area contributed by atoms with Gasteiger partial charge < -0.3 is 86.8 Å². The number of rotatable bonds is 20. The van der Waals surface area contributed by atoms with E-state index < -0.39 is 157 Å². The van der Waals surface area contributed by atoms with Crippen LogP contribution in [0.15, 0.2) is 0 Å². The summed E-state index contributed by atoms with van der Waals surface area (Å²) in [4.78, 5) is 113. The summed E-state index contributed by atoms with van der Waals surface area (Å²) in [6, 6.07) is -11.4. The Morgan fingerprint density at radius 3 is 1.69 bits per heavy atom. The summed E-state index contributed by atoms with van der Waals surface area (Å²) in [7, 11) is 0. The van der Waals surface area contributed by atoms with Gasteiger partial charge in [0.1, 0.15) is 36.4 Å². The molecule has 2 aliphatic heterocycles. The number of amides is 7. The van der Waals surface area contributed by atoms with Crippen LogP contribution in [0.3, 0.4) is 0 Å². The molecule has 0 saturated carbocycles. The fraction of sp³-hybridized carbons (Fsp3) is 0.743. The molecule has 2 aliphatic rings. The van der Waals surface area contributed by atoms with Crippen LogP contribution in [0.25, 0.3) is 0 Å². The summed E-state index contributed by atoms with van der Waals surface area (Å²) in [6.07, 6.45) is -17.2. The molecule has 2 rings (SSSR count). The minimum absolute atomic E-state index is 0.373. The highest BCUT2D eigenvalue weighted by Crippen LogP contribution is 2.32. The number of aliphatic hydroxyl groups is 4. The van der Waals surface area contributed by atoms with Gasteiger partial charge in [-0.05, 0) is 20.8 Å². The van der Waals surface area contributed by atoms with Crippen molar-refractivity contribution in [2.45, 2.75) is 159 Å². The van der Waals surface area contributed by atoms with Crippen molar-refractivity contribution in [3.63, 3.8) is 0 Å². The quantitative estimate of drug-likeness (QED) is 0.0541. The number of ether oxygens (including phenoxy) is 4. The van der Waals surface area contributed by atoms with Crippen molar-refractivity contribution in [1.82, 2.24) is 37.2 Å². The second-order valence-electron chi connectivity index (χ2n) is 14.7. The molecule has 2 fully saturated rings. The first-order valence-corrected chi connectivity index (χ1v) is 19.0. The van der Waals surface area contributed by atoms with E-state index in [1.807, 2.05) is 0 Å². The van der Waals surface area contributed by atoms with E-state index in [1.165, 1.54) is 13.8 Å². The molecule has 26 nitrogen and oxygen atoms in total. The van der Waals surface area contributed by atoms with Gasteiger partial charge in [-0.1, -0.05) is 0 Å². The first kappa shape index (κ1) is 52.0. The Balaban J connectivity index is 2.88. The number of carbonyl (C=O) groups is 9. The predicted octanol–water partition coefficient (Wildman–Crippen LogP) is -6.61. The highest BCUT2D eigenvalue weighted by molar-refractivity contribution is 5.87. The van der Waals surface area contributed by atoms with E-state index in [0.717, 1.165) is 41.5 Å². The van der Waals surface area contributed by atoms with Crippen molar-refractivity contribution >= 4 is 53.3 Å². The Bertz CT molecular complexity index is 1620. The van der Waals surface area contributed by atoms with Gasteiger partial charge in [0.25, 0.3) is 5.91 Å². The standard InChI is InChI=1S/C35H57N7O19/c1-11(44)9-20(50)42-21-13(3)58-35(25(26(21)51)41-18(8)49)60-29-23(39-16(6)47)24(40-17(7)48)34(61-30(29)31(53)36-12(2)32(54)55)59-28(27(52)33(56)57)22(38-15(5)46)19(10-43)37-14(4)45/h11-13,19,21-30,34-35,43-44,51-52H,9-10H2,1-8H3,(H,36,53)(H,37,45)(H,38,46)(H,39,47)(H,40,48)(H,41,49)(H,42,50)(H,54,55)(H,56,57)/t11-,12-,13+,19-,21+,22+,23+,24-,25+,26-,27-,28-,29-,30-,34+,35+/m0/s1. The third kappa shape index (κ3) is 15.1. The highest BCUT2D eigenvalue weighted by atomic mass is 16.7. The summed E-state index contributed by atoms with van der Waals surface area (Å²) in [5.41, 5.74) is 0. The Morgan fingerprint density at radius 1 is 0.672 bits per heavy atom. The SMILES string of the molecule is CC(=O)N[C@@H]1[C@H](O[C@@H]([C@H](NC(C)=O)[C@H](CO)NC(C)=O)[C@H](O)C(=O)O)O[C@H](C(=O)N[C@@H](C)C(=O)O)[C@@H](O[C@H]2O[C@H](C)[C@@H](NC(=O)C[C@H](C)O)[C@H](O)[C@H]2NC(C)=O)[C@@H]1NC(C)=O. The maximum atomic E-state index is 14.1. The summed E-state index contributed by atoms with van der Waals surface area (Å²) >= 11 is 0. The van der Waals surface area contributed by atoms with Gasteiger partial charge in [0, 0.05) is 34.6 Å². The molecule has 26 heteroatoms. The number of aliphatic carboxylic acids is 2. The molecule has 0 unspecified atom stereocenters. The molecule has 0 radical (unpaired) electrons. The molecular weight excluding hydrogens is 822 g/mol. The number of carboxylic acids is 2. The fourth-order valence-corrected chi connectivity index (χ4v) is 6.73. The second kappa shape index (κ2) is 23.2. The minimum atomic E-state index is -2.63. The number of nitrogens with one attached hydrogen (secondary N) is 7. The Kier molecular flexibility index (Phi) is 19.8. The zero-order valence-electron chi connectivity index (χ0n) is 34.6. The average Bonchev–Trinajstić information content (AvgIpc) is 3.12. The molecule has 2 saturated heterocycles. The van der Waals surface area contributed by atoms with Crippen LogP contribution in [0.1, 0.15) is 61.8 Å². The second-order valence-corrected chi connectivity index (χ2v) is 14.7. The van der Waals surface area contributed by atoms with Crippen LogP contribution in [-0.4, -0.2) is 188 Å². The van der Waals surface area contributed by atoms with E-state index in [0.29, 0.717) is 0 Å². The molecule has 0 aromatic carbocycles. The van der Waals surface area contributed by atoms with Crippen LogP contribution in [0, 0.1) is 0 Å². The lowest BCUT2D eigenvalue weighted by Crippen LogP contribution is -2.74. The molecule has 61 heavy (non-hydrogen) atoms. The number of carboxylic acid groups (broad SMARTS) is 2. The molecule has 0 aromatic rings. The smallest absolute Gasteiger partial charge is 0.335 e. The molecule has 13 N–H and O–H groups in total. The van der Waals surface area contributed by atoms with E-state index >= 15 is 0 Å². The van der Waals surface area contributed by atoms with Gasteiger partial charge in [-0.2, -0.15) is 0 Å². The van der Waals surface area contributed by atoms with Gasteiger partial charge in [0.15, 0.2) is 24.8 Å². The van der Waals surface area contributed by atoms with Gasteiger partial charge >= 0.3 is 11.9 Å². The summed E-state index contributed by atoms with van der Waals surface area (Å²) in [5.74, 6) is -9.67. The zero-order chi connectivity index (χ0) is 46.6. The van der Waals surface area contributed by atoms with E-state index in [2.05, 4.69) is 37.2 Å². The van der Waals surface area contributed by atoms with Gasteiger partial charge in [-0.25, -0.2) is 4.79 Å². The number of carbonyl (C=O) groups excluding carboxylic acids is 7. The van der Waals surface area contributed by atoms with Gasteiger partial charge in [0.2, 0.25) is 35.4 Å². The van der Waals surface area contributed by atoms with Crippen molar-refractivity contribution in [1.29, 1.82) is 0 Å². The Labute approximate surface area is 349 Å². The number of hydrogen-bond donors (Lipinski definition) is 13. The van der Waals surface area contributed by atoms with E-state index in [-0.39, 0.29) is 6.42 Å². The molecule has 0 bridgehead atoms. The van der Waals surface area contributed by atoms with Crippen LogP contribution >= 0.6 is 0 Å². The van der Waals surface area contributed by atoms with Crippen molar-refractivity contribution < 1.29 is 92.7 Å². The molecule has 346 valence electrons. The van der Waals surface area contributed by atoms with Crippen molar-refractivity contribution in [2.24, 2.45) is 0 Å². The van der Waals surface area contributed by atoms with Crippen LogP contribution in [0.2, 0.25) is 0 Å². The monoisotopic (exact) mass is 879 g/mol. The Hall–Kier alpha value is -5.09. The third-order valence-electron chi connectivity index (χ3n) is 9.29. The third-order valence-corrected chi connectivity index (χ3v) is 9.29. The highest BCUT2D eigenvalue weighted by Gasteiger charge is 2.56. The maximum Gasteiger partial charge on any atom is 0.335 e. The first-order chi connectivity index (χ1) is 28.3. The van der Waals surface area contributed by atoms with Crippen LogP contribution in [-0.2, 0) is 62.1 Å². The zero-order valence-corrected chi connectivity index (χ0v) is 34.6. The Morgan fingerprint density at radius 2 is 1.21 bits per heavy atom. The normalized spacial score (nSPS) is 29.1. The first-order valence-electron chi connectivity index (χ1n) is 19.0. The van der Waals surface area contributed by atoms with Crippen molar-refractivity contribution in [3.05, 3.63) is 0 Å². The predicted molar refractivity (Wildman–Crippen MR) is 201 cm³/mol. The molecular formula is C35H57N7O19. The van der Waals surface area contributed by atoms with Crippen molar-refractivity contribution in [2.75, 3.05) is 6.61 Å². The topological polar surface area (TPSA) is 396 Å². The van der Waals surface area contributed by atoms with Crippen LogP contribution < -0.4 is 37.2 Å². The van der Waals surface area contributed by atoms with E-state index in [4.69, 9.17) is 18.9 Å². The van der Waals surface area contributed by atoms with E-state index in [1.54, 1.807) is 0 Å². The molecule has 2 heterocycles. The molecule has 0 spiro atoms. The van der Waals surface area contributed by atoms with Crippen LogP contribution in [0.5, 0.6) is 0 Å². The molecule has 16 atom stereocenters. The molecule has 0 aromatic heterocycles. The number of aliphatic hydroxyl groups excluding tert-OH is 4. The lowest BCUT2D eigenvalue weighted by molar-refractivity contribution is -0.308. The van der Waals surface area contributed by atoms with Crippen molar-refractivity contribution in [3.8, 4) is 0 Å². The van der Waals surface area contributed by atoms with Gasteiger partial charge in [0.05, 0.1) is 49.4 Å². The van der Waals surface area contributed by atoms with Gasteiger partial charge in [-0.3, -0.25) is 38.4 Å². The lowest BCUT2D eigenvalue weighted by atomic mass is 9.90. The lowest BCUT2D eigenvalue weighted by Gasteiger charge is -2.50. The molecule has 0 aliphatic carbocycles. The summed E-state index contributed by atoms with van der Waals surface area (Å²) < 4.78 is 24.3. The van der Waals surface area contributed by atoms with Crippen LogP contribution in [0.4, 0.5) is 0 Å². The summed E-state index contributed by atoms with van der Waals surface area (Å²) in [6.45, 7) is 7.88.